The predicted octanol–water partition coefficient (Wildman–Crippen LogP) is -1.61. The van der Waals surface area contributed by atoms with Gasteiger partial charge in [0.05, 0.1) is 6.04 Å². The summed E-state index contributed by atoms with van der Waals surface area (Å²) in [5, 5.41) is 13.6. The van der Waals surface area contributed by atoms with Crippen molar-refractivity contribution in [1.82, 2.24) is 10.2 Å². The molecule has 142 valence electrons. The van der Waals surface area contributed by atoms with Crippen LogP contribution < -0.4 is 40.0 Å². The standard InChI is InChI=1S/C18H23IN2O5.Na/c1-18(2,3)26-17(25)20-10-15(22)21-8-7-11-12(5-4-6-13(11)19)14(21)9-16(23)24;/h4-6,14H,7-10H2,1-3H3,(H,20,25)(H,23,24);/q;+1/p-1. The molecule has 1 N–H and O–H groups in total. The van der Waals surface area contributed by atoms with E-state index in [0.717, 1.165) is 14.7 Å². The Balaban J connectivity index is 0.00000364. The van der Waals surface area contributed by atoms with Crippen LogP contribution in [0.5, 0.6) is 0 Å². The maximum Gasteiger partial charge on any atom is 1.00 e. The van der Waals surface area contributed by atoms with Gasteiger partial charge < -0.3 is 24.9 Å². The number of amides is 2. The third-order valence-electron chi connectivity index (χ3n) is 3.96. The van der Waals surface area contributed by atoms with Gasteiger partial charge in [-0.25, -0.2) is 4.79 Å². The summed E-state index contributed by atoms with van der Waals surface area (Å²) >= 11 is 2.21. The number of aliphatic carboxylic acids is 1. The summed E-state index contributed by atoms with van der Waals surface area (Å²) in [5.41, 5.74) is 1.22. The molecule has 0 saturated carbocycles. The number of carboxylic acid groups (broad SMARTS) is 1. The molecule has 0 aromatic heterocycles. The molecule has 1 aromatic carbocycles. The normalized spacial score (nSPS) is 16.0. The van der Waals surface area contributed by atoms with Crippen LogP contribution in [-0.4, -0.2) is 41.6 Å². The summed E-state index contributed by atoms with van der Waals surface area (Å²) in [6.45, 7) is 5.33. The molecule has 1 atom stereocenters. The summed E-state index contributed by atoms with van der Waals surface area (Å²) in [6, 6.07) is 5.03. The number of carboxylic acids is 1. The number of nitrogens with zero attached hydrogens (tertiary/aromatic N) is 1. The van der Waals surface area contributed by atoms with Crippen molar-refractivity contribution >= 4 is 40.6 Å². The van der Waals surface area contributed by atoms with Crippen molar-refractivity contribution in [2.45, 2.75) is 45.3 Å². The molecule has 2 rings (SSSR count). The number of benzene rings is 1. The Labute approximate surface area is 194 Å². The van der Waals surface area contributed by atoms with E-state index >= 15 is 0 Å². The van der Waals surface area contributed by atoms with Crippen LogP contribution >= 0.6 is 22.6 Å². The van der Waals surface area contributed by atoms with Gasteiger partial charge in [0.2, 0.25) is 5.91 Å². The van der Waals surface area contributed by atoms with Crippen LogP contribution in [0.25, 0.3) is 0 Å². The van der Waals surface area contributed by atoms with E-state index in [2.05, 4.69) is 27.9 Å². The van der Waals surface area contributed by atoms with Crippen molar-refractivity contribution in [1.29, 1.82) is 0 Å². The number of fused-ring (bicyclic) bond motifs is 1. The number of hydrogen-bond acceptors (Lipinski definition) is 5. The molecule has 1 aliphatic rings. The van der Waals surface area contributed by atoms with Gasteiger partial charge in [0.1, 0.15) is 12.1 Å². The Morgan fingerprint density at radius 2 is 2.00 bits per heavy atom. The van der Waals surface area contributed by atoms with Gasteiger partial charge in [0.25, 0.3) is 0 Å². The second-order valence-electron chi connectivity index (χ2n) is 7.09. The van der Waals surface area contributed by atoms with Crippen LogP contribution in [0.3, 0.4) is 0 Å². The second kappa shape index (κ2) is 10.1. The van der Waals surface area contributed by atoms with Gasteiger partial charge in [0.15, 0.2) is 0 Å². The van der Waals surface area contributed by atoms with Gasteiger partial charge in [-0.3, -0.25) is 4.79 Å². The topological polar surface area (TPSA) is 98.8 Å². The van der Waals surface area contributed by atoms with Crippen LogP contribution in [0, 0.1) is 3.57 Å². The van der Waals surface area contributed by atoms with E-state index in [-0.39, 0.29) is 48.4 Å². The zero-order valence-electron chi connectivity index (χ0n) is 16.0. The van der Waals surface area contributed by atoms with Gasteiger partial charge in [0, 0.05) is 22.5 Å². The van der Waals surface area contributed by atoms with Crippen LogP contribution in [0.1, 0.15) is 44.4 Å². The summed E-state index contributed by atoms with van der Waals surface area (Å²) < 4.78 is 6.16. The molecular formula is C18H22IN2NaO5. The average molecular weight is 496 g/mol. The molecule has 1 unspecified atom stereocenters. The summed E-state index contributed by atoms with van der Waals surface area (Å²) in [4.78, 5) is 37.0. The van der Waals surface area contributed by atoms with Crippen LogP contribution in [-0.2, 0) is 20.7 Å². The molecule has 9 heteroatoms. The molecule has 0 bridgehead atoms. The Hall–Kier alpha value is -0.840. The largest absolute Gasteiger partial charge is 1.00 e. The number of carbonyl (C=O) groups excluding carboxylic acids is 3. The number of nitrogens with one attached hydrogen (secondary N) is 1. The molecule has 1 aromatic rings. The van der Waals surface area contributed by atoms with E-state index < -0.39 is 23.7 Å². The van der Waals surface area contributed by atoms with Gasteiger partial charge in [-0.15, -0.1) is 0 Å². The Kier molecular flexibility index (Phi) is 9.04. The first kappa shape index (κ1) is 24.2. The number of ether oxygens (including phenoxy) is 1. The molecule has 0 fully saturated rings. The third-order valence-corrected chi connectivity index (χ3v) is 4.97. The first-order valence-electron chi connectivity index (χ1n) is 8.32. The molecule has 0 saturated heterocycles. The predicted molar refractivity (Wildman–Crippen MR) is 101 cm³/mol. The fourth-order valence-electron chi connectivity index (χ4n) is 2.95. The zero-order valence-corrected chi connectivity index (χ0v) is 20.2. The molecular weight excluding hydrogens is 474 g/mol. The fourth-order valence-corrected chi connectivity index (χ4v) is 3.74. The zero-order chi connectivity index (χ0) is 19.5. The third kappa shape index (κ3) is 6.92. The minimum Gasteiger partial charge on any atom is -0.550 e. The number of rotatable bonds is 4. The van der Waals surface area contributed by atoms with Crippen LogP contribution in [0.15, 0.2) is 18.2 Å². The van der Waals surface area contributed by atoms with E-state index in [9.17, 15) is 19.5 Å². The molecule has 0 spiro atoms. The Morgan fingerprint density at radius 1 is 1.33 bits per heavy atom. The maximum absolute atomic E-state index is 12.6. The molecule has 7 nitrogen and oxygen atoms in total. The summed E-state index contributed by atoms with van der Waals surface area (Å²) in [7, 11) is 0. The summed E-state index contributed by atoms with van der Waals surface area (Å²) in [6.07, 6.45) is -0.337. The van der Waals surface area contributed by atoms with E-state index in [1.165, 1.54) is 4.90 Å². The molecule has 1 heterocycles. The maximum atomic E-state index is 12.6. The molecule has 2 amide bonds. The Morgan fingerprint density at radius 3 is 2.59 bits per heavy atom. The number of hydrogen-bond donors (Lipinski definition) is 1. The molecule has 0 radical (unpaired) electrons. The molecule has 0 aliphatic carbocycles. The van der Waals surface area contributed by atoms with Crippen molar-refractivity contribution in [2.75, 3.05) is 13.1 Å². The van der Waals surface area contributed by atoms with E-state index in [1.807, 2.05) is 18.2 Å². The number of alkyl carbamates (subject to hydrolysis) is 1. The van der Waals surface area contributed by atoms with Crippen molar-refractivity contribution < 1.29 is 53.8 Å². The quantitative estimate of drug-likeness (QED) is 0.400. The van der Waals surface area contributed by atoms with Crippen molar-refractivity contribution in [2.24, 2.45) is 0 Å². The number of halogens is 1. The summed E-state index contributed by atoms with van der Waals surface area (Å²) in [5.74, 6) is -1.58. The van der Waals surface area contributed by atoms with Gasteiger partial charge in [-0.2, -0.15) is 0 Å². The van der Waals surface area contributed by atoms with Crippen LogP contribution in [0.4, 0.5) is 4.79 Å². The number of carbonyl (C=O) groups is 3. The first-order chi connectivity index (χ1) is 12.1. The fraction of sp³-hybridized carbons (Fsp3) is 0.500. The molecule has 27 heavy (non-hydrogen) atoms. The minimum absolute atomic E-state index is 0. The molecule has 1 aliphatic heterocycles. The van der Waals surface area contributed by atoms with Gasteiger partial charge in [-0.1, -0.05) is 12.1 Å². The second-order valence-corrected chi connectivity index (χ2v) is 8.25. The van der Waals surface area contributed by atoms with Gasteiger partial charge in [-0.05, 0) is 67.0 Å². The van der Waals surface area contributed by atoms with Gasteiger partial charge >= 0.3 is 35.7 Å². The monoisotopic (exact) mass is 496 g/mol. The van der Waals surface area contributed by atoms with Crippen molar-refractivity contribution in [3.05, 3.63) is 32.9 Å². The smallest absolute Gasteiger partial charge is 0.550 e. The first-order valence-corrected chi connectivity index (χ1v) is 9.40. The van der Waals surface area contributed by atoms with E-state index in [4.69, 9.17) is 4.74 Å². The minimum atomic E-state index is -1.22. The Bertz CT molecular complexity index is 720. The van der Waals surface area contributed by atoms with Crippen LogP contribution in [0.2, 0.25) is 0 Å². The van der Waals surface area contributed by atoms with Crippen molar-refractivity contribution in [3.8, 4) is 0 Å². The average Bonchev–Trinajstić information content (AvgIpc) is 2.51. The van der Waals surface area contributed by atoms with E-state index in [1.54, 1.807) is 20.8 Å². The van der Waals surface area contributed by atoms with Crippen molar-refractivity contribution in [3.63, 3.8) is 0 Å². The SMILES string of the molecule is CC(C)(C)OC(=O)NCC(=O)N1CCc2c(I)cccc2C1CC(=O)[O-].[Na+]. The van der Waals surface area contributed by atoms with E-state index in [0.29, 0.717) is 13.0 Å².